The minimum Gasteiger partial charge on any atom is -0.207 e. The van der Waals surface area contributed by atoms with E-state index in [0.29, 0.717) is 10.9 Å². The largest absolute Gasteiger partial charge is 0.207 e. The molecule has 0 aliphatic carbocycles. The van der Waals surface area contributed by atoms with Crippen molar-refractivity contribution in [3.8, 4) is 0 Å². The van der Waals surface area contributed by atoms with Gasteiger partial charge in [-0.25, -0.2) is 4.39 Å². The van der Waals surface area contributed by atoms with E-state index in [4.69, 9.17) is 23.2 Å². The van der Waals surface area contributed by atoms with Crippen LogP contribution < -0.4 is 0 Å². The average molecular weight is 233 g/mol. The second-order valence-corrected chi connectivity index (χ2v) is 3.70. The Morgan fingerprint density at radius 1 is 1.43 bits per heavy atom. The third-order valence-electron chi connectivity index (χ3n) is 1.88. The molecule has 0 amide bonds. The van der Waals surface area contributed by atoms with Crippen molar-refractivity contribution < 1.29 is 4.39 Å². The minimum atomic E-state index is -0.325. The van der Waals surface area contributed by atoms with Crippen LogP contribution in [0, 0.1) is 5.82 Å². The number of hydrogen-bond donors (Lipinski definition) is 0. The van der Waals surface area contributed by atoms with Crippen molar-refractivity contribution in [1.29, 1.82) is 0 Å². The van der Waals surface area contributed by atoms with Crippen molar-refractivity contribution >= 4 is 29.3 Å². The monoisotopic (exact) mass is 232 g/mol. The Balaban J connectivity index is 3.01. The second-order valence-electron chi connectivity index (χ2n) is 2.99. The summed E-state index contributed by atoms with van der Waals surface area (Å²) in [5.41, 5.74) is 1.82. The van der Waals surface area contributed by atoms with E-state index in [1.54, 1.807) is 6.07 Å². The van der Waals surface area contributed by atoms with Gasteiger partial charge in [0.1, 0.15) is 5.82 Å². The molecule has 0 aromatic heterocycles. The van der Waals surface area contributed by atoms with Gasteiger partial charge in [0.15, 0.2) is 0 Å². The molecule has 0 atom stereocenters. The van der Waals surface area contributed by atoms with E-state index in [1.165, 1.54) is 12.1 Å². The van der Waals surface area contributed by atoms with Gasteiger partial charge in [0.2, 0.25) is 0 Å². The SMILES string of the molecule is CC/C(=C/c1cc(F)cc(Cl)c1)CCl. The summed E-state index contributed by atoms with van der Waals surface area (Å²) in [4.78, 5) is 0. The lowest BCUT2D eigenvalue weighted by Crippen LogP contribution is -1.84. The molecule has 0 aliphatic rings. The number of rotatable bonds is 3. The number of benzene rings is 1. The molecule has 1 aromatic rings. The lowest BCUT2D eigenvalue weighted by atomic mass is 10.1. The molecule has 0 heterocycles. The molecular formula is C11H11Cl2F. The minimum absolute atomic E-state index is 0.325. The fraction of sp³-hybridized carbons (Fsp3) is 0.273. The standard InChI is InChI=1S/C11H11Cl2F/c1-2-8(7-12)3-9-4-10(13)6-11(14)5-9/h3-6H,2,7H2,1H3/b8-3-. The van der Waals surface area contributed by atoms with Crippen LogP contribution >= 0.6 is 23.2 Å². The summed E-state index contributed by atoms with van der Waals surface area (Å²) < 4.78 is 12.9. The fourth-order valence-electron chi connectivity index (χ4n) is 1.13. The van der Waals surface area contributed by atoms with E-state index in [-0.39, 0.29) is 5.82 Å². The van der Waals surface area contributed by atoms with Crippen LogP contribution in [0.1, 0.15) is 18.9 Å². The van der Waals surface area contributed by atoms with Crippen LogP contribution in [0.3, 0.4) is 0 Å². The molecule has 0 saturated carbocycles. The van der Waals surface area contributed by atoms with Crippen LogP contribution in [0.4, 0.5) is 4.39 Å². The molecule has 1 aromatic carbocycles. The van der Waals surface area contributed by atoms with Crippen molar-refractivity contribution in [3.63, 3.8) is 0 Å². The Labute approximate surface area is 93.3 Å². The van der Waals surface area contributed by atoms with E-state index in [9.17, 15) is 4.39 Å². The summed E-state index contributed by atoms with van der Waals surface area (Å²) in [6.07, 6.45) is 2.72. The maximum absolute atomic E-state index is 12.9. The molecule has 3 heteroatoms. The summed E-state index contributed by atoms with van der Waals surface area (Å²) in [5.74, 6) is 0.138. The summed E-state index contributed by atoms with van der Waals surface area (Å²) in [5, 5.41) is 0.404. The first-order valence-electron chi connectivity index (χ1n) is 4.37. The van der Waals surface area contributed by atoms with Gasteiger partial charge in [0, 0.05) is 10.9 Å². The molecule has 0 unspecified atom stereocenters. The van der Waals surface area contributed by atoms with Gasteiger partial charge < -0.3 is 0 Å². The Bertz CT molecular complexity index is 319. The van der Waals surface area contributed by atoms with Crippen LogP contribution in [0.15, 0.2) is 23.8 Å². The molecule has 1 rings (SSSR count). The van der Waals surface area contributed by atoms with Gasteiger partial charge in [-0.15, -0.1) is 11.6 Å². The Morgan fingerprint density at radius 3 is 2.64 bits per heavy atom. The molecule has 0 spiro atoms. The molecule has 76 valence electrons. The summed E-state index contributed by atoms with van der Waals surface area (Å²) in [7, 11) is 0. The summed E-state index contributed by atoms with van der Waals surface area (Å²) >= 11 is 11.4. The molecule has 0 radical (unpaired) electrons. The lowest BCUT2D eigenvalue weighted by molar-refractivity contribution is 0.627. The van der Waals surface area contributed by atoms with E-state index in [2.05, 4.69) is 0 Å². The molecular weight excluding hydrogens is 222 g/mol. The number of halogens is 3. The third-order valence-corrected chi connectivity index (χ3v) is 2.44. The number of allylic oxidation sites excluding steroid dienone is 1. The second kappa shape index (κ2) is 5.38. The smallest absolute Gasteiger partial charge is 0.125 e. The van der Waals surface area contributed by atoms with Gasteiger partial charge in [-0.1, -0.05) is 30.2 Å². The van der Waals surface area contributed by atoms with E-state index < -0.39 is 0 Å². The summed E-state index contributed by atoms with van der Waals surface area (Å²) in [6.45, 7) is 2.01. The molecule has 0 N–H and O–H groups in total. The Kier molecular flexibility index (Phi) is 4.43. The topological polar surface area (TPSA) is 0 Å². The Hall–Kier alpha value is -0.530. The van der Waals surface area contributed by atoms with Gasteiger partial charge in [0.25, 0.3) is 0 Å². The maximum Gasteiger partial charge on any atom is 0.125 e. The van der Waals surface area contributed by atoms with Gasteiger partial charge in [-0.05, 0) is 30.2 Å². The predicted molar refractivity (Wildman–Crippen MR) is 60.4 cm³/mol. The zero-order valence-corrected chi connectivity index (χ0v) is 9.37. The Morgan fingerprint density at radius 2 is 2.14 bits per heavy atom. The van der Waals surface area contributed by atoms with E-state index in [1.807, 2.05) is 13.0 Å². The molecule has 14 heavy (non-hydrogen) atoms. The maximum atomic E-state index is 12.9. The van der Waals surface area contributed by atoms with Crippen LogP contribution in [0.5, 0.6) is 0 Å². The third kappa shape index (κ3) is 3.32. The van der Waals surface area contributed by atoms with Gasteiger partial charge in [-0.3, -0.25) is 0 Å². The van der Waals surface area contributed by atoms with Gasteiger partial charge >= 0.3 is 0 Å². The quantitative estimate of drug-likeness (QED) is 0.673. The molecule has 0 nitrogen and oxygen atoms in total. The first kappa shape index (κ1) is 11.5. The molecule has 0 bridgehead atoms. The average Bonchev–Trinajstić information content (AvgIpc) is 2.12. The first-order valence-corrected chi connectivity index (χ1v) is 5.28. The van der Waals surface area contributed by atoms with Crippen molar-refractivity contribution in [3.05, 3.63) is 40.2 Å². The van der Waals surface area contributed by atoms with Crippen LogP contribution in [0.25, 0.3) is 6.08 Å². The highest BCUT2D eigenvalue weighted by molar-refractivity contribution is 6.30. The van der Waals surface area contributed by atoms with E-state index >= 15 is 0 Å². The van der Waals surface area contributed by atoms with Crippen molar-refractivity contribution in [2.24, 2.45) is 0 Å². The molecule has 0 aliphatic heterocycles. The van der Waals surface area contributed by atoms with E-state index in [0.717, 1.165) is 17.6 Å². The molecule has 0 fully saturated rings. The predicted octanol–water partition coefficient (Wildman–Crippen LogP) is 4.51. The van der Waals surface area contributed by atoms with Gasteiger partial charge in [-0.2, -0.15) is 0 Å². The van der Waals surface area contributed by atoms with Crippen molar-refractivity contribution in [2.45, 2.75) is 13.3 Å². The van der Waals surface area contributed by atoms with Crippen molar-refractivity contribution in [2.75, 3.05) is 5.88 Å². The zero-order chi connectivity index (χ0) is 10.6. The van der Waals surface area contributed by atoms with Crippen LogP contribution in [0.2, 0.25) is 5.02 Å². The van der Waals surface area contributed by atoms with Crippen LogP contribution in [-0.4, -0.2) is 5.88 Å². The zero-order valence-electron chi connectivity index (χ0n) is 7.86. The highest BCUT2D eigenvalue weighted by atomic mass is 35.5. The summed E-state index contributed by atoms with van der Waals surface area (Å²) in [6, 6.07) is 4.44. The fourth-order valence-corrected chi connectivity index (χ4v) is 1.63. The van der Waals surface area contributed by atoms with Crippen LogP contribution in [-0.2, 0) is 0 Å². The lowest BCUT2D eigenvalue weighted by Gasteiger charge is -2.00. The number of hydrogen-bond acceptors (Lipinski definition) is 0. The van der Waals surface area contributed by atoms with Crippen molar-refractivity contribution in [1.82, 2.24) is 0 Å². The first-order chi connectivity index (χ1) is 6.65. The normalized spacial score (nSPS) is 11.9. The highest BCUT2D eigenvalue weighted by Crippen LogP contribution is 2.17. The molecule has 0 saturated heterocycles. The number of alkyl halides is 1. The van der Waals surface area contributed by atoms with Gasteiger partial charge in [0.05, 0.1) is 0 Å². The highest BCUT2D eigenvalue weighted by Gasteiger charge is 1.98.